The van der Waals surface area contributed by atoms with Gasteiger partial charge in [-0.1, -0.05) is 23.4 Å². The monoisotopic (exact) mass is 203 g/mol. The zero-order chi connectivity index (χ0) is 10.8. The minimum absolute atomic E-state index is 0.570. The third-order valence-electron chi connectivity index (χ3n) is 2.35. The van der Waals surface area contributed by atoms with Crippen LogP contribution in [-0.4, -0.2) is 20.1 Å². The number of para-hydroxylation sites is 1. The first-order valence-corrected chi connectivity index (χ1v) is 4.85. The Bertz CT molecular complexity index is 462. The van der Waals surface area contributed by atoms with Gasteiger partial charge in [-0.05, 0) is 25.5 Å². The number of rotatable bonds is 2. The van der Waals surface area contributed by atoms with E-state index < -0.39 is 6.10 Å². The molecule has 4 nitrogen and oxygen atoms in total. The van der Waals surface area contributed by atoms with Gasteiger partial charge in [0.15, 0.2) is 0 Å². The van der Waals surface area contributed by atoms with Gasteiger partial charge in [-0.2, -0.15) is 0 Å². The maximum atomic E-state index is 9.54. The first-order valence-electron chi connectivity index (χ1n) is 4.85. The van der Waals surface area contributed by atoms with E-state index in [2.05, 4.69) is 10.3 Å². The van der Waals surface area contributed by atoms with Crippen LogP contribution in [-0.2, 0) is 0 Å². The van der Waals surface area contributed by atoms with Crippen molar-refractivity contribution < 1.29 is 5.11 Å². The van der Waals surface area contributed by atoms with E-state index >= 15 is 0 Å². The van der Waals surface area contributed by atoms with Crippen LogP contribution in [0.5, 0.6) is 0 Å². The molecule has 0 aliphatic heterocycles. The normalized spacial score (nSPS) is 12.7. The van der Waals surface area contributed by atoms with Crippen molar-refractivity contribution in [2.24, 2.45) is 0 Å². The molecule has 2 rings (SSSR count). The number of hydrogen-bond donors (Lipinski definition) is 1. The molecule has 1 aromatic heterocycles. The van der Waals surface area contributed by atoms with Crippen molar-refractivity contribution >= 4 is 0 Å². The summed E-state index contributed by atoms with van der Waals surface area (Å²) in [7, 11) is 0. The van der Waals surface area contributed by atoms with Gasteiger partial charge in [0.25, 0.3) is 0 Å². The van der Waals surface area contributed by atoms with Crippen molar-refractivity contribution in [2.45, 2.75) is 20.0 Å². The van der Waals surface area contributed by atoms with Crippen LogP contribution < -0.4 is 0 Å². The molecule has 0 aliphatic carbocycles. The Morgan fingerprint density at radius 1 is 1.33 bits per heavy atom. The molecule has 0 spiro atoms. The third kappa shape index (κ3) is 1.76. The molecule has 1 unspecified atom stereocenters. The quantitative estimate of drug-likeness (QED) is 0.807. The van der Waals surface area contributed by atoms with Crippen molar-refractivity contribution in [3.63, 3.8) is 0 Å². The maximum absolute atomic E-state index is 9.54. The molecule has 4 heteroatoms. The molecular weight excluding hydrogens is 190 g/mol. The van der Waals surface area contributed by atoms with Gasteiger partial charge >= 0.3 is 0 Å². The average Bonchev–Trinajstić information content (AvgIpc) is 2.67. The van der Waals surface area contributed by atoms with Crippen LogP contribution in [0.2, 0.25) is 0 Å². The summed E-state index contributed by atoms with van der Waals surface area (Å²) >= 11 is 0. The van der Waals surface area contributed by atoms with Gasteiger partial charge in [-0.3, -0.25) is 0 Å². The highest BCUT2D eigenvalue weighted by Gasteiger charge is 2.11. The van der Waals surface area contributed by atoms with E-state index in [9.17, 15) is 5.11 Å². The lowest BCUT2D eigenvalue weighted by Gasteiger charge is -2.09. The van der Waals surface area contributed by atoms with Crippen molar-refractivity contribution in [2.75, 3.05) is 0 Å². The van der Waals surface area contributed by atoms with Gasteiger partial charge in [0.1, 0.15) is 0 Å². The Kier molecular flexibility index (Phi) is 2.51. The molecule has 0 bridgehead atoms. The number of aromatic nitrogens is 3. The Labute approximate surface area is 88.2 Å². The van der Waals surface area contributed by atoms with Gasteiger partial charge in [0.2, 0.25) is 0 Å². The number of hydrogen-bond acceptors (Lipinski definition) is 3. The van der Waals surface area contributed by atoms with E-state index in [0.717, 1.165) is 11.3 Å². The van der Waals surface area contributed by atoms with E-state index in [-0.39, 0.29) is 0 Å². The zero-order valence-electron chi connectivity index (χ0n) is 8.75. The van der Waals surface area contributed by atoms with Crippen LogP contribution >= 0.6 is 0 Å². The van der Waals surface area contributed by atoms with Gasteiger partial charge < -0.3 is 5.11 Å². The second kappa shape index (κ2) is 3.82. The van der Waals surface area contributed by atoms with Crippen molar-refractivity contribution in [3.05, 3.63) is 41.7 Å². The molecule has 0 aliphatic rings. The highest BCUT2D eigenvalue weighted by Crippen LogP contribution is 2.18. The summed E-state index contributed by atoms with van der Waals surface area (Å²) in [6.07, 6.45) is 1.01. The molecular formula is C11H13N3O. The Morgan fingerprint density at radius 3 is 2.73 bits per heavy atom. The molecule has 15 heavy (non-hydrogen) atoms. The van der Waals surface area contributed by atoms with E-state index in [1.54, 1.807) is 17.8 Å². The standard InChI is InChI=1S/C11H13N3O/c1-8-5-3-4-6-10(8)14-11(9(2)15)7-12-13-14/h3-7,9,15H,1-2H3. The lowest BCUT2D eigenvalue weighted by Crippen LogP contribution is -2.06. The summed E-state index contributed by atoms with van der Waals surface area (Å²) in [6, 6.07) is 7.87. The second-order valence-corrected chi connectivity index (χ2v) is 3.53. The Balaban J connectivity index is 2.55. The Morgan fingerprint density at radius 2 is 2.07 bits per heavy atom. The predicted molar refractivity (Wildman–Crippen MR) is 56.7 cm³/mol. The highest BCUT2D eigenvalue weighted by atomic mass is 16.3. The maximum Gasteiger partial charge on any atom is 0.0949 e. The smallest absolute Gasteiger partial charge is 0.0949 e. The van der Waals surface area contributed by atoms with Crippen LogP contribution in [0.1, 0.15) is 24.3 Å². The lowest BCUT2D eigenvalue weighted by atomic mass is 10.2. The molecule has 0 fully saturated rings. The fraction of sp³-hybridized carbons (Fsp3) is 0.273. The largest absolute Gasteiger partial charge is 0.387 e. The summed E-state index contributed by atoms with van der Waals surface area (Å²) < 4.78 is 1.67. The average molecular weight is 203 g/mol. The van der Waals surface area contributed by atoms with Crippen LogP contribution in [0, 0.1) is 6.92 Å². The molecule has 1 aromatic carbocycles. The minimum Gasteiger partial charge on any atom is -0.387 e. The number of nitrogens with zero attached hydrogens (tertiary/aromatic N) is 3. The van der Waals surface area contributed by atoms with E-state index in [0.29, 0.717) is 5.69 Å². The van der Waals surface area contributed by atoms with E-state index in [1.165, 1.54) is 0 Å². The van der Waals surface area contributed by atoms with E-state index in [1.807, 2.05) is 31.2 Å². The molecule has 1 N–H and O–H groups in total. The first-order chi connectivity index (χ1) is 7.20. The fourth-order valence-corrected chi connectivity index (χ4v) is 1.52. The SMILES string of the molecule is Cc1ccccc1-n1nncc1C(C)O. The lowest BCUT2D eigenvalue weighted by molar-refractivity contribution is 0.191. The number of benzene rings is 1. The minimum atomic E-state index is -0.570. The molecule has 0 saturated heterocycles. The molecule has 2 aromatic rings. The van der Waals surface area contributed by atoms with Crippen LogP contribution in [0.4, 0.5) is 0 Å². The van der Waals surface area contributed by atoms with E-state index in [4.69, 9.17) is 0 Å². The fourth-order valence-electron chi connectivity index (χ4n) is 1.52. The molecule has 0 saturated carbocycles. The van der Waals surface area contributed by atoms with Gasteiger partial charge in [0.05, 0.1) is 23.7 Å². The topological polar surface area (TPSA) is 50.9 Å². The van der Waals surface area contributed by atoms with Gasteiger partial charge in [0, 0.05) is 0 Å². The van der Waals surface area contributed by atoms with Crippen LogP contribution in [0.25, 0.3) is 5.69 Å². The zero-order valence-corrected chi connectivity index (χ0v) is 8.75. The summed E-state index contributed by atoms with van der Waals surface area (Å²) in [5.74, 6) is 0. The van der Waals surface area contributed by atoms with Crippen molar-refractivity contribution in [1.29, 1.82) is 0 Å². The summed E-state index contributed by atoms with van der Waals surface area (Å²) in [4.78, 5) is 0. The molecule has 1 heterocycles. The molecule has 0 radical (unpaired) electrons. The van der Waals surface area contributed by atoms with Crippen molar-refractivity contribution in [3.8, 4) is 5.69 Å². The van der Waals surface area contributed by atoms with Gasteiger partial charge in [-0.15, -0.1) is 5.10 Å². The summed E-state index contributed by atoms with van der Waals surface area (Å²) in [6.45, 7) is 3.70. The summed E-state index contributed by atoms with van der Waals surface area (Å²) in [5, 5.41) is 17.3. The van der Waals surface area contributed by atoms with Crippen LogP contribution in [0.3, 0.4) is 0 Å². The third-order valence-corrected chi connectivity index (χ3v) is 2.35. The molecule has 1 atom stereocenters. The predicted octanol–water partition coefficient (Wildman–Crippen LogP) is 1.63. The highest BCUT2D eigenvalue weighted by molar-refractivity contribution is 5.40. The molecule has 78 valence electrons. The first kappa shape index (κ1) is 9.86. The number of aryl methyl sites for hydroxylation is 1. The van der Waals surface area contributed by atoms with Crippen LogP contribution in [0.15, 0.2) is 30.5 Å². The Hall–Kier alpha value is -1.68. The van der Waals surface area contributed by atoms with Gasteiger partial charge in [-0.25, -0.2) is 4.68 Å². The number of aliphatic hydroxyl groups excluding tert-OH is 1. The van der Waals surface area contributed by atoms with Crippen molar-refractivity contribution in [1.82, 2.24) is 15.0 Å². The summed E-state index contributed by atoms with van der Waals surface area (Å²) in [5.41, 5.74) is 2.75. The number of aliphatic hydroxyl groups is 1. The second-order valence-electron chi connectivity index (χ2n) is 3.53. The molecule has 0 amide bonds.